The van der Waals surface area contributed by atoms with E-state index in [0.29, 0.717) is 30.5 Å². The molecule has 0 saturated carbocycles. The molecule has 1 amide bonds. The van der Waals surface area contributed by atoms with Gasteiger partial charge in [-0.05, 0) is 5.92 Å². The molecule has 1 atom stereocenters. The largest absolute Gasteiger partial charge is 0.384 e. The van der Waals surface area contributed by atoms with Crippen LogP contribution in [0, 0.1) is 5.92 Å². The van der Waals surface area contributed by atoms with E-state index >= 15 is 0 Å². The lowest BCUT2D eigenvalue weighted by atomic mass is 10.2. The van der Waals surface area contributed by atoms with Crippen LogP contribution >= 0.6 is 15.9 Å². The monoisotopic (exact) mass is 270 g/mol. The van der Waals surface area contributed by atoms with Crippen LogP contribution < -0.4 is 10.6 Å². The second-order valence-corrected chi connectivity index (χ2v) is 4.18. The van der Waals surface area contributed by atoms with Gasteiger partial charge in [0.25, 0.3) is 0 Å². The van der Waals surface area contributed by atoms with Gasteiger partial charge in [-0.1, -0.05) is 15.9 Å². The molecule has 0 spiro atoms. The number of hydrogen-bond acceptors (Lipinski definition) is 4. The van der Waals surface area contributed by atoms with E-state index < -0.39 is 0 Å². The molecule has 1 aliphatic heterocycles. The van der Waals surface area contributed by atoms with Crippen molar-refractivity contribution in [2.24, 2.45) is 5.92 Å². The maximum absolute atomic E-state index is 11.7. The smallest absolute Gasteiger partial charge is 0.228 e. The molecular weight excluding hydrogens is 260 g/mol. The van der Waals surface area contributed by atoms with Gasteiger partial charge < -0.3 is 5.73 Å². The van der Waals surface area contributed by atoms with E-state index in [4.69, 9.17) is 5.73 Å². The van der Waals surface area contributed by atoms with Gasteiger partial charge in [-0.25, -0.2) is 9.97 Å². The van der Waals surface area contributed by atoms with Crippen LogP contribution in [-0.4, -0.2) is 27.7 Å². The van der Waals surface area contributed by atoms with Gasteiger partial charge in [0.05, 0.1) is 0 Å². The Morgan fingerprint density at radius 2 is 2.40 bits per heavy atom. The van der Waals surface area contributed by atoms with Gasteiger partial charge in [0.1, 0.15) is 18.0 Å². The normalized spacial score (nSPS) is 21.0. The first-order valence-electron chi connectivity index (χ1n) is 4.64. The van der Waals surface area contributed by atoms with Crippen LogP contribution in [0.15, 0.2) is 12.4 Å². The maximum Gasteiger partial charge on any atom is 0.228 e. The molecule has 2 N–H and O–H groups in total. The Bertz CT molecular complexity index is 384. The highest BCUT2D eigenvalue weighted by Crippen LogP contribution is 2.24. The first-order chi connectivity index (χ1) is 7.20. The lowest BCUT2D eigenvalue weighted by Crippen LogP contribution is -2.25. The third-order valence-electron chi connectivity index (χ3n) is 2.37. The van der Waals surface area contributed by atoms with Crippen molar-refractivity contribution in [1.82, 2.24) is 9.97 Å². The van der Waals surface area contributed by atoms with Crippen molar-refractivity contribution < 1.29 is 4.79 Å². The summed E-state index contributed by atoms with van der Waals surface area (Å²) < 4.78 is 0. The van der Waals surface area contributed by atoms with Crippen LogP contribution in [0.4, 0.5) is 11.6 Å². The number of aromatic nitrogens is 2. The van der Waals surface area contributed by atoms with E-state index in [-0.39, 0.29) is 5.91 Å². The van der Waals surface area contributed by atoms with Gasteiger partial charge in [-0.15, -0.1) is 0 Å². The van der Waals surface area contributed by atoms with Crippen molar-refractivity contribution in [2.45, 2.75) is 6.42 Å². The molecule has 0 aromatic carbocycles. The lowest BCUT2D eigenvalue weighted by molar-refractivity contribution is -0.117. The SMILES string of the molecule is Nc1cc(N2CC(CBr)CC2=O)ncn1. The highest BCUT2D eigenvalue weighted by molar-refractivity contribution is 9.09. The summed E-state index contributed by atoms with van der Waals surface area (Å²) >= 11 is 3.38. The Morgan fingerprint density at radius 1 is 1.60 bits per heavy atom. The van der Waals surface area contributed by atoms with Crippen molar-refractivity contribution in [2.75, 3.05) is 22.5 Å². The second-order valence-electron chi connectivity index (χ2n) is 3.53. The Labute approximate surface area is 95.8 Å². The second kappa shape index (κ2) is 4.14. The molecule has 5 nitrogen and oxygen atoms in total. The molecule has 1 saturated heterocycles. The van der Waals surface area contributed by atoms with Gasteiger partial charge >= 0.3 is 0 Å². The summed E-state index contributed by atoms with van der Waals surface area (Å²) in [6, 6.07) is 1.62. The van der Waals surface area contributed by atoms with Gasteiger partial charge in [-0.3, -0.25) is 9.69 Å². The Kier molecular flexibility index (Phi) is 2.86. The van der Waals surface area contributed by atoms with Crippen LogP contribution in [-0.2, 0) is 4.79 Å². The van der Waals surface area contributed by atoms with Crippen molar-refractivity contribution in [3.63, 3.8) is 0 Å². The number of nitrogen functional groups attached to an aromatic ring is 1. The van der Waals surface area contributed by atoms with Crippen LogP contribution in [0.5, 0.6) is 0 Å². The lowest BCUT2D eigenvalue weighted by Gasteiger charge is -2.14. The molecule has 2 heterocycles. The molecule has 6 heteroatoms. The fourth-order valence-electron chi connectivity index (χ4n) is 1.62. The fraction of sp³-hybridized carbons (Fsp3) is 0.444. The molecule has 15 heavy (non-hydrogen) atoms. The number of carbonyl (C=O) groups excluding carboxylic acids is 1. The molecular formula is C9H11BrN4O. The maximum atomic E-state index is 11.7. The zero-order valence-corrected chi connectivity index (χ0v) is 9.64. The summed E-state index contributed by atoms with van der Waals surface area (Å²) in [6.45, 7) is 0.695. The molecule has 1 aromatic heterocycles. The number of nitrogens with zero attached hydrogens (tertiary/aromatic N) is 3. The van der Waals surface area contributed by atoms with Gasteiger partial charge in [-0.2, -0.15) is 0 Å². The molecule has 1 fully saturated rings. The minimum absolute atomic E-state index is 0.0950. The fourth-order valence-corrected chi connectivity index (χ4v) is 2.05. The zero-order valence-electron chi connectivity index (χ0n) is 8.06. The van der Waals surface area contributed by atoms with E-state index in [1.54, 1.807) is 11.0 Å². The molecule has 2 rings (SSSR count). The topological polar surface area (TPSA) is 72.1 Å². The molecule has 1 aliphatic rings. The Morgan fingerprint density at radius 3 is 3.00 bits per heavy atom. The van der Waals surface area contributed by atoms with Crippen molar-refractivity contribution >= 4 is 33.5 Å². The first-order valence-corrected chi connectivity index (χ1v) is 5.76. The van der Waals surface area contributed by atoms with Gasteiger partial charge in [0, 0.05) is 24.4 Å². The number of anilines is 2. The number of rotatable bonds is 2. The molecule has 1 unspecified atom stereocenters. The zero-order chi connectivity index (χ0) is 10.8. The number of nitrogens with two attached hydrogens (primary N) is 1. The van der Waals surface area contributed by atoms with Crippen LogP contribution in [0.1, 0.15) is 6.42 Å². The van der Waals surface area contributed by atoms with Gasteiger partial charge in [0.2, 0.25) is 5.91 Å². The summed E-state index contributed by atoms with van der Waals surface area (Å²) in [4.78, 5) is 21.2. The summed E-state index contributed by atoms with van der Waals surface area (Å²) in [5.74, 6) is 1.43. The predicted octanol–water partition coefficient (Wildman–Crippen LogP) is 0.807. The number of amides is 1. The highest BCUT2D eigenvalue weighted by atomic mass is 79.9. The van der Waals surface area contributed by atoms with Crippen molar-refractivity contribution in [1.29, 1.82) is 0 Å². The van der Waals surface area contributed by atoms with Gasteiger partial charge in [0.15, 0.2) is 0 Å². The Balaban J connectivity index is 2.21. The predicted molar refractivity (Wildman–Crippen MR) is 60.7 cm³/mol. The third-order valence-corrected chi connectivity index (χ3v) is 3.29. The van der Waals surface area contributed by atoms with Crippen LogP contribution in [0.2, 0.25) is 0 Å². The van der Waals surface area contributed by atoms with E-state index in [2.05, 4.69) is 25.9 Å². The molecule has 0 aliphatic carbocycles. The van der Waals surface area contributed by atoms with E-state index in [0.717, 1.165) is 5.33 Å². The first kappa shape index (κ1) is 10.4. The molecule has 1 aromatic rings. The van der Waals surface area contributed by atoms with Crippen molar-refractivity contribution in [3.05, 3.63) is 12.4 Å². The van der Waals surface area contributed by atoms with E-state index in [1.807, 2.05) is 0 Å². The highest BCUT2D eigenvalue weighted by Gasteiger charge is 2.30. The van der Waals surface area contributed by atoms with Crippen LogP contribution in [0.3, 0.4) is 0 Å². The van der Waals surface area contributed by atoms with E-state index in [9.17, 15) is 4.79 Å². The van der Waals surface area contributed by atoms with E-state index in [1.165, 1.54) is 6.33 Å². The Hall–Kier alpha value is -1.17. The quantitative estimate of drug-likeness (QED) is 0.808. The number of halogens is 1. The number of hydrogen-bond donors (Lipinski definition) is 1. The molecule has 80 valence electrons. The summed E-state index contributed by atoms with van der Waals surface area (Å²) in [5, 5.41) is 0.829. The summed E-state index contributed by atoms with van der Waals surface area (Å²) in [6.07, 6.45) is 1.94. The average Bonchev–Trinajstić information content (AvgIpc) is 2.60. The standard InChI is InChI=1S/C9H11BrN4O/c10-3-6-1-9(15)14(4-6)8-2-7(11)12-5-13-8/h2,5-6H,1,3-4H2,(H2,11,12,13). The number of carbonyl (C=O) groups is 1. The summed E-state index contributed by atoms with van der Waals surface area (Å²) in [7, 11) is 0. The molecule has 0 bridgehead atoms. The third kappa shape index (κ3) is 2.09. The molecule has 0 radical (unpaired) electrons. The van der Waals surface area contributed by atoms with Crippen LogP contribution in [0.25, 0.3) is 0 Å². The number of alkyl halides is 1. The minimum atomic E-state index is 0.0950. The summed E-state index contributed by atoms with van der Waals surface area (Å²) in [5.41, 5.74) is 5.54. The minimum Gasteiger partial charge on any atom is -0.384 e. The van der Waals surface area contributed by atoms with Crippen molar-refractivity contribution in [3.8, 4) is 0 Å². The average molecular weight is 271 g/mol.